The number of anilines is 2. The summed E-state index contributed by atoms with van der Waals surface area (Å²) in [5, 5.41) is 9.53. The van der Waals surface area contributed by atoms with Crippen LogP contribution in [0.4, 0.5) is 11.6 Å². The summed E-state index contributed by atoms with van der Waals surface area (Å²) in [5.74, 6) is 0.401. The first-order chi connectivity index (χ1) is 14.5. The molecule has 170 valence electrons. The first-order valence-corrected chi connectivity index (χ1v) is 17.1. The van der Waals surface area contributed by atoms with Gasteiger partial charge in [-0.3, -0.25) is 0 Å². The Labute approximate surface area is 200 Å². The van der Waals surface area contributed by atoms with Crippen molar-refractivity contribution in [3.8, 4) is 0 Å². The molecule has 1 N–H and O–H groups in total. The van der Waals surface area contributed by atoms with Gasteiger partial charge in [-0.25, -0.2) is 9.78 Å². The molecular weight excluding hydrogens is 608 g/mol. The van der Waals surface area contributed by atoms with Gasteiger partial charge in [-0.1, -0.05) is 26.7 Å². The fourth-order valence-corrected chi connectivity index (χ4v) is 3.16. The average Bonchev–Trinajstić information content (AvgIpc) is 3.41. The van der Waals surface area contributed by atoms with Gasteiger partial charge in [0.25, 0.3) is 0 Å². The van der Waals surface area contributed by atoms with Crippen molar-refractivity contribution in [3.05, 3.63) is 42.5 Å². The van der Waals surface area contributed by atoms with Crippen LogP contribution in [0.1, 0.15) is 49.9 Å². The zero-order valence-electron chi connectivity index (χ0n) is 17.3. The molecule has 0 spiro atoms. The molecule has 3 heterocycles. The van der Waals surface area contributed by atoms with Gasteiger partial charge in [0.2, 0.25) is 0 Å². The Morgan fingerprint density at radius 3 is 1.77 bits per heavy atom. The number of carboxylic acid groups (broad SMARTS) is 1. The zero-order chi connectivity index (χ0) is 21.9. The standard InChI is InChI=1S/C20H29N5O2.2BrH.Pd/c1-3-5-7-22-9-11-24(15-22)18-13-17(20(26)27)14-19(21-18)25-12-10-23(16-25)8-6-4-2;;;/h9-14H,3-8,15-16H2,1-2H3,(H,26,27);2*1H;/q;;;+2/p-2. The van der Waals surface area contributed by atoms with E-state index in [4.69, 9.17) is 4.98 Å². The van der Waals surface area contributed by atoms with Gasteiger partial charge in [-0.15, -0.1) is 0 Å². The second-order valence-electron chi connectivity index (χ2n) is 7.07. The number of nitrogens with zero attached hydrogens (tertiary/aromatic N) is 5. The number of hydrogen-bond donors (Lipinski definition) is 1. The van der Waals surface area contributed by atoms with Crippen molar-refractivity contribution in [2.45, 2.75) is 39.5 Å². The normalized spacial score (nSPS) is 15.2. The van der Waals surface area contributed by atoms with Gasteiger partial charge in [-0.2, -0.15) is 0 Å². The SMILES string of the molecule is CCCCN1C=CN(c2cc(C(=O)O)cc(N3C=CN(CCCC)C3)n2)C1.[Br][Pd][Br]. The van der Waals surface area contributed by atoms with Gasteiger partial charge >= 0.3 is 46.8 Å². The number of aromatic nitrogens is 1. The maximum atomic E-state index is 11.6. The van der Waals surface area contributed by atoms with E-state index in [0.29, 0.717) is 38.9 Å². The van der Waals surface area contributed by atoms with E-state index in [1.54, 1.807) is 12.1 Å². The number of carbonyl (C=O) groups is 1. The van der Waals surface area contributed by atoms with Gasteiger partial charge in [-0.05, 0) is 25.0 Å². The Morgan fingerprint density at radius 1 is 0.967 bits per heavy atom. The Bertz CT molecular complexity index is 700. The van der Waals surface area contributed by atoms with Crippen LogP contribution in [0.25, 0.3) is 0 Å². The van der Waals surface area contributed by atoms with E-state index in [0.717, 1.165) is 38.8 Å². The summed E-state index contributed by atoms with van der Waals surface area (Å²) in [6, 6.07) is 3.29. The van der Waals surface area contributed by atoms with Crippen LogP contribution >= 0.6 is 26.9 Å². The van der Waals surface area contributed by atoms with E-state index in [9.17, 15) is 9.90 Å². The van der Waals surface area contributed by atoms with Crippen LogP contribution in [-0.4, -0.2) is 52.3 Å². The molecule has 0 bridgehead atoms. The summed E-state index contributed by atoms with van der Waals surface area (Å²) < 4.78 is 0. The Morgan fingerprint density at radius 2 is 1.40 bits per heavy atom. The quantitative estimate of drug-likeness (QED) is 0.375. The summed E-state index contributed by atoms with van der Waals surface area (Å²) in [7, 11) is 0. The van der Waals surface area contributed by atoms with E-state index >= 15 is 0 Å². The van der Waals surface area contributed by atoms with Crippen molar-refractivity contribution in [2.24, 2.45) is 0 Å². The Kier molecular flexibility index (Phi) is 11.2. The molecular formula is C20H29Br2N5O2Pd. The van der Waals surface area contributed by atoms with E-state index in [-0.39, 0.29) is 5.56 Å². The van der Waals surface area contributed by atoms with Crippen LogP contribution in [0.5, 0.6) is 0 Å². The molecule has 0 aromatic carbocycles. The predicted octanol–water partition coefficient (Wildman–Crippen LogP) is 5.17. The van der Waals surface area contributed by atoms with Crippen molar-refractivity contribution in [1.82, 2.24) is 14.8 Å². The minimum absolute atomic E-state index is 0.260. The number of unbranched alkanes of at least 4 members (excludes halogenated alkanes) is 2. The van der Waals surface area contributed by atoms with Crippen molar-refractivity contribution < 1.29 is 23.8 Å². The molecule has 0 radical (unpaired) electrons. The summed E-state index contributed by atoms with van der Waals surface area (Å²) >= 11 is 6.80. The van der Waals surface area contributed by atoms with E-state index in [2.05, 4.69) is 50.5 Å². The number of hydrogen-bond acceptors (Lipinski definition) is 6. The van der Waals surface area contributed by atoms with Gasteiger partial charge in [0.15, 0.2) is 0 Å². The molecule has 10 heteroatoms. The van der Waals surface area contributed by atoms with Crippen molar-refractivity contribution in [1.29, 1.82) is 0 Å². The summed E-state index contributed by atoms with van der Waals surface area (Å²) in [6.07, 6.45) is 12.6. The molecule has 0 amide bonds. The third-order valence-corrected chi connectivity index (χ3v) is 4.81. The topological polar surface area (TPSA) is 63.2 Å². The predicted molar refractivity (Wildman–Crippen MR) is 125 cm³/mol. The summed E-state index contributed by atoms with van der Waals surface area (Å²) in [4.78, 5) is 24.8. The third kappa shape index (κ3) is 7.56. The molecule has 2 aliphatic rings. The molecule has 0 atom stereocenters. The van der Waals surface area contributed by atoms with Crippen LogP contribution in [0, 0.1) is 0 Å². The minimum atomic E-state index is -0.933. The maximum absolute atomic E-state index is 11.6. The monoisotopic (exact) mass is 635 g/mol. The third-order valence-electron chi connectivity index (χ3n) is 4.81. The van der Waals surface area contributed by atoms with Gasteiger partial charge in [0.05, 0.1) is 18.9 Å². The number of pyridine rings is 1. The number of aromatic carboxylic acids is 1. The van der Waals surface area contributed by atoms with Gasteiger partial charge in [0, 0.05) is 37.9 Å². The molecule has 0 saturated carbocycles. The first kappa shape index (κ1) is 25.2. The molecule has 0 saturated heterocycles. The van der Waals surface area contributed by atoms with Crippen molar-refractivity contribution in [2.75, 3.05) is 36.2 Å². The molecule has 1 aromatic heterocycles. The van der Waals surface area contributed by atoms with Crippen molar-refractivity contribution >= 4 is 44.5 Å². The molecule has 0 fully saturated rings. The van der Waals surface area contributed by atoms with Crippen LogP contribution in [0.2, 0.25) is 0 Å². The number of carboxylic acids is 1. The molecule has 1 aromatic rings. The first-order valence-electron chi connectivity index (χ1n) is 9.98. The summed E-state index contributed by atoms with van der Waals surface area (Å²) in [6.45, 7) is 7.75. The van der Waals surface area contributed by atoms with E-state index < -0.39 is 5.97 Å². The number of halogens is 2. The summed E-state index contributed by atoms with van der Waals surface area (Å²) in [5.41, 5.74) is 0.260. The molecule has 3 rings (SSSR count). The molecule has 0 unspecified atom stereocenters. The van der Waals surface area contributed by atoms with Crippen LogP contribution in [0.3, 0.4) is 0 Å². The van der Waals surface area contributed by atoms with Crippen molar-refractivity contribution in [3.63, 3.8) is 0 Å². The molecule has 30 heavy (non-hydrogen) atoms. The average molecular weight is 638 g/mol. The van der Waals surface area contributed by atoms with Crippen LogP contribution in [0.15, 0.2) is 36.9 Å². The van der Waals surface area contributed by atoms with Crippen LogP contribution in [-0.2, 0) is 13.9 Å². The zero-order valence-corrected chi connectivity index (χ0v) is 22.0. The molecule has 2 aliphatic heterocycles. The van der Waals surface area contributed by atoms with Gasteiger partial charge < -0.3 is 24.7 Å². The molecule has 7 nitrogen and oxygen atoms in total. The molecule has 0 aliphatic carbocycles. The fraction of sp³-hybridized carbons (Fsp3) is 0.500. The van der Waals surface area contributed by atoms with Gasteiger partial charge in [0.1, 0.15) is 11.6 Å². The number of rotatable bonds is 9. The van der Waals surface area contributed by atoms with E-state index in [1.807, 2.05) is 34.6 Å². The van der Waals surface area contributed by atoms with E-state index in [1.165, 1.54) is 0 Å². The second-order valence-corrected chi connectivity index (χ2v) is 14.2. The van der Waals surface area contributed by atoms with Crippen LogP contribution < -0.4 is 9.80 Å². The second kappa shape index (κ2) is 13.4. The Balaban J connectivity index is 0.00000101. The Hall–Kier alpha value is -1.08. The fourth-order valence-electron chi connectivity index (χ4n) is 3.16.